The summed E-state index contributed by atoms with van der Waals surface area (Å²) in [6.07, 6.45) is 3.34. The maximum atomic E-state index is 9.79. The predicted molar refractivity (Wildman–Crippen MR) is 126 cm³/mol. The van der Waals surface area contributed by atoms with Crippen molar-refractivity contribution in [3.63, 3.8) is 0 Å². The van der Waals surface area contributed by atoms with E-state index in [4.69, 9.17) is 4.74 Å². The Balaban J connectivity index is 1.24. The molecule has 1 saturated heterocycles. The lowest BCUT2D eigenvalue weighted by Crippen LogP contribution is -2.42. The highest BCUT2D eigenvalue weighted by atomic mass is 32.1. The van der Waals surface area contributed by atoms with Crippen LogP contribution >= 0.6 is 11.3 Å². The number of piperazine rings is 1. The Kier molecular flexibility index (Phi) is 6.48. The fraction of sp³-hybridized carbons (Fsp3) is 0.292. The predicted octanol–water partition coefficient (Wildman–Crippen LogP) is 3.12. The highest BCUT2D eigenvalue weighted by molar-refractivity contribution is 7.18. The van der Waals surface area contributed by atoms with Crippen molar-refractivity contribution in [2.45, 2.75) is 19.1 Å². The molecule has 1 N–H and O–H groups in total. The second-order valence-corrected chi connectivity index (χ2v) is 8.85. The Bertz CT molecular complexity index is 1230. The summed E-state index contributed by atoms with van der Waals surface area (Å²) in [5.41, 5.74) is 3.68. The summed E-state index contributed by atoms with van der Waals surface area (Å²) in [5, 5.41) is 13.8. The third-order valence-electron chi connectivity index (χ3n) is 5.52. The van der Waals surface area contributed by atoms with Gasteiger partial charge in [0.15, 0.2) is 0 Å². The van der Waals surface area contributed by atoms with Gasteiger partial charge < -0.3 is 10.1 Å². The van der Waals surface area contributed by atoms with Crippen LogP contribution in [0.4, 0.5) is 0 Å². The van der Waals surface area contributed by atoms with Gasteiger partial charge in [0.2, 0.25) is 0 Å². The largest absolute Gasteiger partial charge is 0.459 e. The van der Waals surface area contributed by atoms with Gasteiger partial charge in [0.1, 0.15) is 27.9 Å². The summed E-state index contributed by atoms with van der Waals surface area (Å²) in [6.45, 7) is 5.58. The number of rotatable bonds is 7. The lowest BCUT2D eigenvalue weighted by Gasteiger charge is -2.27. The first-order valence-electron chi connectivity index (χ1n) is 10.9. The first-order chi connectivity index (χ1) is 16.3. The molecule has 166 valence electrons. The van der Waals surface area contributed by atoms with Crippen LogP contribution in [-0.2, 0) is 13.2 Å². The number of pyridine rings is 1. The number of benzene rings is 1. The van der Waals surface area contributed by atoms with Gasteiger partial charge in [-0.2, -0.15) is 10.2 Å². The first-order valence-corrected chi connectivity index (χ1v) is 11.7. The maximum Gasteiger partial charge on any atom is 0.316 e. The molecular formula is C24H23N7OS. The standard InChI is InChI=1S/C24H23N7OS/c25-14-19(22-29-21-2-1-8-27-23(21)33-22)20-7-9-28-24(30-20)32-16-18-5-3-17(4-6-18)15-31-12-10-26-11-13-31/h1-9,19,26H,10-13,15-16H2. The molecule has 1 aliphatic heterocycles. The normalized spacial score (nSPS) is 15.2. The molecule has 1 aromatic carbocycles. The van der Waals surface area contributed by atoms with E-state index in [-0.39, 0.29) is 6.01 Å². The fourth-order valence-corrected chi connectivity index (χ4v) is 4.72. The molecule has 0 radical (unpaired) electrons. The Hall–Kier alpha value is -3.45. The minimum atomic E-state index is -0.598. The molecule has 1 fully saturated rings. The summed E-state index contributed by atoms with van der Waals surface area (Å²) in [6, 6.07) is 16.4. The molecule has 0 saturated carbocycles. The monoisotopic (exact) mass is 457 g/mol. The first kappa shape index (κ1) is 21.4. The van der Waals surface area contributed by atoms with Crippen molar-refractivity contribution in [1.29, 1.82) is 5.26 Å². The Labute approximate surface area is 195 Å². The van der Waals surface area contributed by atoms with E-state index in [0.29, 0.717) is 17.3 Å². The topological polar surface area (TPSA) is 99.8 Å². The number of aromatic nitrogens is 4. The average molecular weight is 458 g/mol. The van der Waals surface area contributed by atoms with Crippen LogP contribution in [0.1, 0.15) is 27.7 Å². The van der Waals surface area contributed by atoms with Gasteiger partial charge in [0.05, 0.1) is 11.8 Å². The van der Waals surface area contributed by atoms with Gasteiger partial charge >= 0.3 is 6.01 Å². The van der Waals surface area contributed by atoms with Crippen LogP contribution < -0.4 is 10.1 Å². The molecule has 9 heteroatoms. The Morgan fingerprint density at radius 2 is 1.85 bits per heavy atom. The maximum absolute atomic E-state index is 9.79. The van der Waals surface area contributed by atoms with Crippen molar-refractivity contribution in [2.75, 3.05) is 26.2 Å². The number of fused-ring (bicyclic) bond motifs is 1. The van der Waals surface area contributed by atoms with E-state index in [1.165, 1.54) is 16.9 Å². The highest BCUT2D eigenvalue weighted by Gasteiger charge is 2.21. The van der Waals surface area contributed by atoms with E-state index >= 15 is 0 Å². The lowest BCUT2D eigenvalue weighted by atomic mass is 10.1. The molecule has 0 aliphatic carbocycles. The lowest BCUT2D eigenvalue weighted by molar-refractivity contribution is 0.233. The van der Waals surface area contributed by atoms with Gasteiger partial charge in [-0.1, -0.05) is 35.6 Å². The number of hydrogen-bond acceptors (Lipinski definition) is 9. The molecule has 1 atom stereocenters. The number of hydrogen-bond donors (Lipinski definition) is 1. The summed E-state index contributed by atoms with van der Waals surface area (Å²) in [7, 11) is 0. The molecular weight excluding hydrogens is 434 g/mol. The van der Waals surface area contributed by atoms with E-state index in [0.717, 1.165) is 48.6 Å². The van der Waals surface area contributed by atoms with Crippen LogP contribution in [0.2, 0.25) is 0 Å². The SMILES string of the molecule is N#CC(c1ccnc(OCc2ccc(CN3CCNCC3)cc2)n1)c1nc2cccnc2s1. The van der Waals surface area contributed by atoms with Crippen molar-refractivity contribution in [3.8, 4) is 12.1 Å². The van der Waals surface area contributed by atoms with Gasteiger partial charge in [0.25, 0.3) is 0 Å². The third kappa shape index (κ3) is 5.14. The minimum absolute atomic E-state index is 0.247. The molecule has 0 amide bonds. The molecule has 4 aromatic rings. The molecule has 1 unspecified atom stereocenters. The van der Waals surface area contributed by atoms with Crippen LogP contribution in [0.3, 0.4) is 0 Å². The average Bonchev–Trinajstić information content (AvgIpc) is 3.29. The Morgan fingerprint density at radius 1 is 1.03 bits per heavy atom. The van der Waals surface area contributed by atoms with Crippen molar-refractivity contribution in [1.82, 2.24) is 30.2 Å². The van der Waals surface area contributed by atoms with Crippen molar-refractivity contribution >= 4 is 21.7 Å². The summed E-state index contributed by atoms with van der Waals surface area (Å²) in [5.74, 6) is -0.598. The number of thiazole rings is 1. The number of nitrogens with one attached hydrogen (secondary N) is 1. The molecule has 1 aliphatic rings. The third-order valence-corrected chi connectivity index (χ3v) is 6.56. The molecule has 5 rings (SSSR count). The van der Waals surface area contributed by atoms with Crippen LogP contribution in [0.5, 0.6) is 6.01 Å². The van der Waals surface area contributed by atoms with Gasteiger partial charge in [-0.25, -0.2) is 15.0 Å². The summed E-state index contributed by atoms with van der Waals surface area (Å²) < 4.78 is 5.83. The smallest absolute Gasteiger partial charge is 0.316 e. The van der Waals surface area contributed by atoms with Gasteiger partial charge in [0, 0.05) is 45.1 Å². The van der Waals surface area contributed by atoms with E-state index in [9.17, 15) is 5.26 Å². The van der Waals surface area contributed by atoms with Crippen molar-refractivity contribution in [3.05, 3.63) is 76.7 Å². The fourth-order valence-electron chi connectivity index (χ4n) is 3.76. The second kappa shape index (κ2) is 10.0. The van der Waals surface area contributed by atoms with Gasteiger partial charge in [-0.05, 0) is 29.3 Å². The van der Waals surface area contributed by atoms with Crippen molar-refractivity contribution < 1.29 is 4.74 Å². The zero-order valence-corrected chi connectivity index (χ0v) is 18.8. The van der Waals surface area contributed by atoms with E-state index in [2.05, 4.69) is 60.5 Å². The van der Waals surface area contributed by atoms with Crippen LogP contribution in [-0.4, -0.2) is 51.0 Å². The molecule has 0 bridgehead atoms. The minimum Gasteiger partial charge on any atom is -0.459 e. The molecule has 4 heterocycles. The second-order valence-electron chi connectivity index (χ2n) is 7.84. The molecule has 33 heavy (non-hydrogen) atoms. The zero-order chi connectivity index (χ0) is 22.5. The molecule has 8 nitrogen and oxygen atoms in total. The number of nitrogens with zero attached hydrogens (tertiary/aromatic N) is 6. The van der Waals surface area contributed by atoms with E-state index in [1.54, 1.807) is 18.5 Å². The van der Waals surface area contributed by atoms with Crippen LogP contribution in [0.25, 0.3) is 10.3 Å². The van der Waals surface area contributed by atoms with Gasteiger partial charge in [-0.3, -0.25) is 4.90 Å². The van der Waals surface area contributed by atoms with Crippen molar-refractivity contribution in [2.24, 2.45) is 0 Å². The highest BCUT2D eigenvalue weighted by Crippen LogP contribution is 2.30. The summed E-state index contributed by atoms with van der Waals surface area (Å²) in [4.78, 5) is 20.8. The van der Waals surface area contributed by atoms with Crippen LogP contribution in [0.15, 0.2) is 54.9 Å². The van der Waals surface area contributed by atoms with E-state index in [1.807, 2.05) is 12.1 Å². The van der Waals surface area contributed by atoms with Gasteiger partial charge in [-0.15, -0.1) is 0 Å². The quantitative estimate of drug-likeness (QED) is 0.452. The van der Waals surface area contributed by atoms with Crippen LogP contribution in [0, 0.1) is 11.3 Å². The molecule has 3 aromatic heterocycles. The molecule has 0 spiro atoms. The summed E-state index contributed by atoms with van der Waals surface area (Å²) >= 11 is 1.40. The van der Waals surface area contributed by atoms with E-state index < -0.39 is 5.92 Å². The Morgan fingerprint density at radius 3 is 2.64 bits per heavy atom. The zero-order valence-electron chi connectivity index (χ0n) is 18.0. The number of ether oxygens (including phenoxy) is 1. The number of nitriles is 1.